The molecule has 1 aromatic heterocycles. The molecular weight excluding hydrogens is 404 g/mol. The van der Waals surface area contributed by atoms with Crippen LogP contribution < -0.4 is 15.6 Å². The second-order valence-corrected chi connectivity index (χ2v) is 7.31. The molecule has 32 heavy (non-hydrogen) atoms. The summed E-state index contributed by atoms with van der Waals surface area (Å²) >= 11 is 0. The quantitative estimate of drug-likeness (QED) is 0.454. The molecule has 7 heteroatoms. The molecule has 0 aliphatic carbocycles. The van der Waals surface area contributed by atoms with Crippen LogP contribution in [0.3, 0.4) is 0 Å². The van der Waals surface area contributed by atoms with Gasteiger partial charge in [-0.05, 0) is 61.9 Å². The second kappa shape index (κ2) is 9.34. The third-order valence-corrected chi connectivity index (χ3v) is 5.17. The van der Waals surface area contributed by atoms with Gasteiger partial charge in [-0.15, -0.1) is 0 Å². The van der Waals surface area contributed by atoms with Crippen molar-refractivity contribution in [2.75, 3.05) is 0 Å². The molecule has 2 N–H and O–H groups in total. The number of carbonyl (C=O) groups is 2. The van der Waals surface area contributed by atoms with Crippen molar-refractivity contribution < 1.29 is 14.3 Å². The standard InChI is InChI=1S/C25H24N4O3/c1-3-29-17(2)26-22-15-20(11-14-23(22)29)25(31)28-27-24(30)19-9-12-21(13-10-19)32-16-18-7-5-4-6-8-18/h4-15H,3,16H2,1-2H3,(H,27,30)(H,28,31). The Morgan fingerprint density at radius 2 is 1.56 bits per heavy atom. The smallest absolute Gasteiger partial charge is 0.269 e. The highest BCUT2D eigenvalue weighted by Crippen LogP contribution is 2.18. The Morgan fingerprint density at radius 3 is 2.25 bits per heavy atom. The molecule has 2 amide bonds. The van der Waals surface area contributed by atoms with E-state index in [0.29, 0.717) is 23.5 Å². The van der Waals surface area contributed by atoms with Crippen molar-refractivity contribution in [3.8, 4) is 5.75 Å². The minimum Gasteiger partial charge on any atom is -0.489 e. The monoisotopic (exact) mass is 428 g/mol. The normalized spacial score (nSPS) is 10.7. The van der Waals surface area contributed by atoms with E-state index in [1.54, 1.807) is 36.4 Å². The highest BCUT2D eigenvalue weighted by molar-refractivity contribution is 6.00. The number of ether oxygens (including phenoxy) is 1. The average molecular weight is 428 g/mol. The lowest BCUT2D eigenvalue weighted by atomic mass is 10.2. The number of nitrogens with one attached hydrogen (secondary N) is 2. The van der Waals surface area contributed by atoms with Crippen molar-refractivity contribution in [1.82, 2.24) is 20.4 Å². The summed E-state index contributed by atoms with van der Waals surface area (Å²) in [5.41, 5.74) is 8.51. The number of aromatic nitrogens is 2. The number of carbonyl (C=O) groups excluding carboxylic acids is 2. The summed E-state index contributed by atoms with van der Waals surface area (Å²) in [6.45, 7) is 5.23. The zero-order chi connectivity index (χ0) is 22.5. The molecule has 0 aliphatic rings. The number of imidazole rings is 1. The predicted molar refractivity (Wildman–Crippen MR) is 122 cm³/mol. The average Bonchev–Trinajstić information content (AvgIpc) is 3.15. The Balaban J connectivity index is 1.34. The zero-order valence-electron chi connectivity index (χ0n) is 18.0. The maximum atomic E-state index is 12.5. The van der Waals surface area contributed by atoms with E-state index in [1.807, 2.05) is 50.2 Å². The van der Waals surface area contributed by atoms with Crippen LogP contribution >= 0.6 is 0 Å². The maximum Gasteiger partial charge on any atom is 0.269 e. The number of rotatable bonds is 6. The molecule has 0 radical (unpaired) electrons. The van der Waals surface area contributed by atoms with Crippen LogP contribution in [0, 0.1) is 6.92 Å². The van der Waals surface area contributed by atoms with Gasteiger partial charge in [0, 0.05) is 17.7 Å². The molecule has 7 nitrogen and oxygen atoms in total. The molecule has 0 saturated carbocycles. The summed E-state index contributed by atoms with van der Waals surface area (Å²) in [5, 5.41) is 0. The van der Waals surface area contributed by atoms with Crippen LogP contribution in [0.4, 0.5) is 0 Å². The van der Waals surface area contributed by atoms with Gasteiger partial charge in [-0.25, -0.2) is 4.98 Å². The van der Waals surface area contributed by atoms with Crippen molar-refractivity contribution in [2.24, 2.45) is 0 Å². The first kappa shape index (κ1) is 21.1. The fourth-order valence-corrected chi connectivity index (χ4v) is 3.49. The lowest BCUT2D eigenvalue weighted by Crippen LogP contribution is -2.41. The van der Waals surface area contributed by atoms with E-state index in [0.717, 1.165) is 29.0 Å². The van der Waals surface area contributed by atoms with Gasteiger partial charge in [0.2, 0.25) is 0 Å². The highest BCUT2D eigenvalue weighted by atomic mass is 16.5. The van der Waals surface area contributed by atoms with Crippen molar-refractivity contribution in [1.29, 1.82) is 0 Å². The Hall–Kier alpha value is -4.13. The van der Waals surface area contributed by atoms with E-state index in [4.69, 9.17) is 4.74 Å². The number of benzene rings is 3. The van der Waals surface area contributed by atoms with Gasteiger partial charge in [0.25, 0.3) is 11.8 Å². The van der Waals surface area contributed by atoms with Crippen LogP contribution in [-0.2, 0) is 13.2 Å². The zero-order valence-corrected chi connectivity index (χ0v) is 18.0. The van der Waals surface area contributed by atoms with Crippen molar-refractivity contribution in [3.05, 3.63) is 95.3 Å². The van der Waals surface area contributed by atoms with Crippen LogP contribution in [0.2, 0.25) is 0 Å². The summed E-state index contributed by atoms with van der Waals surface area (Å²) in [4.78, 5) is 29.4. The molecule has 0 aliphatic heterocycles. The Morgan fingerprint density at radius 1 is 0.906 bits per heavy atom. The fourth-order valence-electron chi connectivity index (χ4n) is 3.49. The summed E-state index contributed by atoms with van der Waals surface area (Å²) in [6, 6.07) is 21.9. The van der Waals surface area contributed by atoms with Crippen molar-refractivity contribution >= 4 is 22.8 Å². The van der Waals surface area contributed by atoms with Crippen LogP contribution in [0.25, 0.3) is 11.0 Å². The van der Waals surface area contributed by atoms with Gasteiger partial charge >= 0.3 is 0 Å². The molecule has 0 saturated heterocycles. The second-order valence-electron chi connectivity index (χ2n) is 7.31. The predicted octanol–water partition coefficient (Wildman–Crippen LogP) is 4.02. The van der Waals surface area contributed by atoms with Gasteiger partial charge in [-0.3, -0.25) is 20.4 Å². The van der Waals surface area contributed by atoms with Gasteiger partial charge < -0.3 is 9.30 Å². The summed E-state index contributed by atoms with van der Waals surface area (Å²) in [5.74, 6) is 0.723. The van der Waals surface area contributed by atoms with E-state index in [2.05, 4.69) is 20.4 Å². The van der Waals surface area contributed by atoms with Gasteiger partial charge in [0.15, 0.2) is 0 Å². The van der Waals surface area contributed by atoms with Crippen LogP contribution in [-0.4, -0.2) is 21.4 Å². The Labute approximate surface area is 186 Å². The third kappa shape index (κ3) is 4.62. The number of hydrogen-bond donors (Lipinski definition) is 2. The topological polar surface area (TPSA) is 85.3 Å². The lowest BCUT2D eigenvalue weighted by molar-refractivity contribution is 0.0846. The number of fused-ring (bicyclic) bond motifs is 1. The molecule has 0 atom stereocenters. The molecule has 0 fully saturated rings. The van der Waals surface area contributed by atoms with Gasteiger partial charge in [-0.2, -0.15) is 0 Å². The molecule has 162 valence electrons. The SMILES string of the molecule is CCn1c(C)nc2cc(C(=O)NNC(=O)c3ccc(OCc4ccccc4)cc3)ccc21. The molecule has 4 rings (SSSR count). The number of aryl methyl sites for hydroxylation is 2. The van der Waals surface area contributed by atoms with E-state index >= 15 is 0 Å². The maximum absolute atomic E-state index is 12.5. The van der Waals surface area contributed by atoms with Gasteiger partial charge in [-0.1, -0.05) is 30.3 Å². The summed E-state index contributed by atoms with van der Waals surface area (Å²) < 4.78 is 7.80. The van der Waals surface area contributed by atoms with Gasteiger partial charge in [0.05, 0.1) is 11.0 Å². The molecule has 0 spiro atoms. The highest BCUT2D eigenvalue weighted by Gasteiger charge is 2.12. The van der Waals surface area contributed by atoms with Crippen LogP contribution in [0.15, 0.2) is 72.8 Å². The number of hydrazine groups is 1. The molecule has 0 unspecified atom stereocenters. The van der Waals surface area contributed by atoms with Crippen LogP contribution in [0.1, 0.15) is 39.0 Å². The molecule has 0 bridgehead atoms. The molecular formula is C25H24N4O3. The first-order valence-corrected chi connectivity index (χ1v) is 10.4. The van der Waals surface area contributed by atoms with E-state index in [9.17, 15) is 9.59 Å². The molecule has 4 aromatic rings. The Kier molecular flexibility index (Phi) is 6.17. The summed E-state index contributed by atoms with van der Waals surface area (Å²) in [7, 11) is 0. The van der Waals surface area contributed by atoms with E-state index in [-0.39, 0.29) is 0 Å². The minimum atomic E-state index is -0.417. The summed E-state index contributed by atoms with van der Waals surface area (Å²) in [6.07, 6.45) is 0. The van der Waals surface area contributed by atoms with E-state index in [1.165, 1.54) is 0 Å². The van der Waals surface area contributed by atoms with E-state index < -0.39 is 11.8 Å². The molecule has 3 aromatic carbocycles. The Bertz CT molecular complexity index is 1250. The van der Waals surface area contributed by atoms with Gasteiger partial charge in [0.1, 0.15) is 18.2 Å². The third-order valence-electron chi connectivity index (χ3n) is 5.17. The van der Waals surface area contributed by atoms with Crippen LogP contribution in [0.5, 0.6) is 5.75 Å². The number of hydrogen-bond acceptors (Lipinski definition) is 4. The lowest BCUT2D eigenvalue weighted by Gasteiger charge is -2.09. The molecule has 1 heterocycles. The first-order chi connectivity index (χ1) is 15.5. The largest absolute Gasteiger partial charge is 0.489 e. The fraction of sp³-hybridized carbons (Fsp3) is 0.160. The number of nitrogens with zero attached hydrogens (tertiary/aromatic N) is 2. The van der Waals surface area contributed by atoms with Crippen molar-refractivity contribution in [3.63, 3.8) is 0 Å². The number of amides is 2. The first-order valence-electron chi connectivity index (χ1n) is 10.4. The minimum absolute atomic E-state index is 0.408. The van der Waals surface area contributed by atoms with Crippen molar-refractivity contribution in [2.45, 2.75) is 27.0 Å².